The molecule has 2 aromatic carbocycles. The summed E-state index contributed by atoms with van der Waals surface area (Å²) >= 11 is 6.08. The van der Waals surface area contributed by atoms with Crippen LogP contribution in [0.2, 0.25) is 5.02 Å². The summed E-state index contributed by atoms with van der Waals surface area (Å²) in [6, 6.07) is 15.2. The quantitative estimate of drug-likeness (QED) is 0.570. The Bertz CT molecular complexity index is 1240. The molecule has 4 atom stereocenters. The van der Waals surface area contributed by atoms with E-state index in [0.717, 1.165) is 29.4 Å². The minimum atomic E-state index is -1.06. The fraction of sp³-hybridized carbons (Fsp3) is 0.444. The first-order valence-electron chi connectivity index (χ1n) is 12.1. The van der Waals surface area contributed by atoms with Gasteiger partial charge in [0.15, 0.2) is 5.82 Å². The molecule has 1 saturated carbocycles. The molecule has 1 aromatic heterocycles. The highest BCUT2D eigenvalue weighted by Crippen LogP contribution is 2.34. The Morgan fingerprint density at radius 1 is 1.15 bits per heavy atom. The van der Waals surface area contributed by atoms with Crippen LogP contribution in [0.1, 0.15) is 56.2 Å². The molecule has 2 aliphatic rings. The number of benzene rings is 2. The smallest absolute Gasteiger partial charge is 0.291 e. The molecule has 2 heterocycles. The minimum Gasteiger partial charge on any atom is -0.351 e. The Labute approximate surface area is 205 Å². The molecule has 3 aromatic rings. The molecule has 1 fully saturated rings. The second-order valence-electron chi connectivity index (χ2n) is 10.1. The zero-order valence-corrected chi connectivity index (χ0v) is 20.7. The second kappa shape index (κ2) is 8.73. The molecule has 0 saturated heterocycles. The van der Waals surface area contributed by atoms with Gasteiger partial charge in [0, 0.05) is 17.6 Å². The lowest BCUT2D eigenvalue weighted by Gasteiger charge is -2.45. The SMILES string of the molecule is C[C@H]1[C@H](C)CCC[C@@H]1NC(=O)[C@]1(C)Cn2c(nc3ccccc32)C(=O)N1Cc1ccc(Cl)cc1. The summed E-state index contributed by atoms with van der Waals surface area (Å²) in [6.07, 6.45) is 3.27. The van der Waals surface area contributed by atoms with Crippen molar-refractivity contribution in [3.05, 3.63) is 64.9 Å². The molecule has 0 unspecified atom stereocenters. The maximum atomic E-state index is 13.9. The van der Waals surface area contributed by atoms with Crippen LogP contribution in [-0.4, -0.2) is 37.8 Å². The van der Waals surface area contributed by atoms with Gasteiger partial charge in [0.05, 0.1) is 17.6 Å². The van der Waals surface area contributed by atoms with Crippen LogP contribution in [0.25, 0.3) is 11.0 Å². The summed E-state index contributed by atoms with van der Waals surface area (Å²) in [6.45, 7) is 7.01. The fourth-order valence-electron chi connectivity index (χ4n) is 5.46. The van der Waals surface area contributed by atoms with Crippen LogP contribution in [0.4, 0.5) is 0 Å². The Morgan fingerprint density at radius 2 is 1.88 bits per heavy atom. The van der Waals surface area contributed by atoms with Gasteiger partial charge in [0.2, 0.25) is 5.91 Å². The van der Waals surface area contributed by atoms with Crippen molar-refractivity contribution in [3.63, 3.8) is 0 Å². The lowest BCUT2D eigenvalue weighted by molar-refractivity contribution is -0.134. The first-order valence-corrected chi connectivity index (χ1v) is 12.5. The second-order valence-corrected chi connectivity index (χ2v) is 10.6. The molecule has 5 rings (SSSR count). The van der Waals surface area contributed by atoms with Gasteiger partial charge in [-0.15, -0.1) is 0 Å². The van der Waals surface area contributed by atoms with Crippen LogP contribution < -0.4 is 5.32 Å². The van der Waals surface area contributed by atoms with E-state index in [2.05, 4.69) is 24.1 Å². The van der Waals surface area contributed by atoms with Crippen molar-refractivity contribution in [2.45, 2.75) is 64.7 Å². The number of carbonyl (C=O) groups excluding carboxylic acids is 2. The zero-order valence-electron chi connectivity index (χ0n) is 19.9. The van der Waals surface area contributed by atoms with Crippen molar-refractivity contribution in [1.82, 2.24) is 19.8 Å². The van der Waals surface area contributed by atoms with Crippen LogP contribution in [0, 0.1) is 11.8 Å². The van der Waals surface area contributed by atoms with Gasteiger partial charge in [-0.1, -0.05) is 62.6 Å². The molecule has 1 aliphatic heterocycles. The first kappa shape index (κ1) is 22.9. The van der Waals surface area contributed by atoms with E-state index in [1.165, 1.54) is 6.42 Å². The van der Waals surface area contributed by atoms with Crippen LogP contribution in [0.5, 0.6) is 0 Å². The number of imidazole rings is 1. The Balaban J connectivity index is 1.54. The van der Waals surface area contributed by atoms with E-state index in [0.29, 0.717) is 35.8 Å². The van der Waals surface area contributed by atoms with Crippen LogP contribution in [0.3, 0.4) is 0 Å². The molecule has 1 aliphatic carbocycles. The lowest BCUT2D eigenvalue weighted by Crippen LogP contribution is -2.65. The van der Waals surface area contributed by atoms with Crippen molar-refractivity contribution < 1.29 is 9.59 Å². The number of hydrogen-bond donors (Lipinski definition) is 1. The number of rotatable bonds is 4. The standard InChI is InChI=1S/C27H31ClN4O2/c1-17-7-6-9-21(18(17)2)30-26(34)27(3)16-31-23-10-5-4-8-22(23)29-24(31)25(33)32(27)15-19-11-13-20(28)14-12-19/h4-5,8,10-14,17-18,21H,6-7,9,15-16H2,1-3H3,(H,30,34)/t17-,18+,21+,27+/m1/s1. The molecule has 7 heteroatoms. The molecule has 0 radical (unpaired) electrons. The summed E-state index contributed by atoms with van der Waals surface area (Å²) in [7, 11) is 0. The van der Waals surface area contributed by atoms with Gasteiger partial charge in [-0.05, 0) is 55.0 Å². The predicted octanol–water partition coefficient (Wildman–Crippen LogP) is 5.05. The van der Waals surface area contributed by atoms with E-state index in [1.54, 1.807) is 4.90 Å². The summed E-state index contributed by atoms with van der Waals surface area (Å²) in [5.74, 6) is 0.994. The first-order chi connectivity index (χ1) is 16.3. The van der Waals surface area contributed by atoms with Crippen LogP contribution >= 0.6 is 11.6 Å². The topological polar surface area (TPSA) is 67.2 Å². The third kappa shape index (κ3) is 3.88. The number of halogens is 1. The van der Waals surface area contributed by atoms with E-state index in [9.17, 15) is 9.59 Å². The zero-order chi connectivity index (χ0) is 24.0. The Hall–Kier alpha value is -2.86. The number of hydrogen-bond acceptors (Lipinski definition) is 3. The van der Waals surface area contributed by atoms with Gasteiger partial charge in [0.25, 0.3) is 5.91 Å². The molecule has 1 N–H and O–H groups in total. The normalized spacial score (nSPS) is 27.0. The average molecular weight is 479 g/mol. The number of fused-ring (bicyclic) bond motifs is 3. The van der Waals surface area contributed by atoms with E-state index >= 15 is 0 Å². The van der Waals surface area contributed by atoms with Gasteiger partial charge in [0.1, 0.15) is 5.54 Å². The van der Waals surface area contributed by atoms with E-state index in [4.69, 9.17) is 11.6 Å². The van der Waals surface area contributed by atoms with Crippen molar-refractivity contribution in [2.24, 2.45) is 11.8 Å². The molecule has 34 heavy (non-hydrogen) atoms. The largest absolute Gasteiger partial charge is 0.351 e. The van der Waals surface area contributed by atoms with Gasteiger partial charge in [-0.2, -0.15) is 0 Å². The average Bonchev–Trinajstić information content (AvgIpc) is 3.19. The van der Waals surface area contributed by atoms with E-state index < -0.39 is 5.54 Å². The molecule has 0 bridgehead atoms. The van der Waals surface area contributed by atoms with Gasteiger partial charge >= 0.3 is 0 Å². The van der Waals surface area contributed by atoms with E-state index in [1.807, 2.05) is 60.0 Å². The van der Waals surface area contributed by atoms with Crippen LogP contribution in [-0.2, 0) is 17.9 Å². The van der Waals surface area contributed by atoms with Crippen molar-refractivity contribution >= 4 is 34.4 Å². The monoisotopic (exact) mass is 478 g/mol. The van der Waals surface area contributed by atoms with Gasteiger partial charge in [-0.25, -0.2) is 4.98 Å². The Kier molecular flexibility index (Phi) is 5.88. The molecular formula is C27H31ClN4O2. The number of nitrogens with one attached hydrogen (secondary N) is 1. The molecular weight excluding hydrogens is 448 g/mol. The van der Waals surface area contributed by atoms with Crippen molar-refractivity contribution in [3.8, 4) is 0 Å². The minimum absolute atomic E-state index is 0.107. The molecule has 2 amide bonds. The fourth-order valence-corrected chi connectivity index (χ4v) is 5.59. The third-order valence-corrected chi connectivity index (χ3v) is 8.17. The van der Waals surface area contributed by atoms with Gasteiger partial charge < -0.3 is 14.8 Å². The van der Waals surface area contributed by atoms with Crippen molar-refractivity contribution in [2.75, 3.05) is 0 Å². The summed E-state index contributed by atoms with van der Waals surface area (Å²) in [5.41, 5.74) is 1.49. The molecule has 0 spiro atoms. The number of carbonyl (C=O) groups is 2. The lowest BCUT2D eigenvalue weighted by atomic mass is 9.77. The number of aromatic nitrogens is 2. The summed E-state index contributed by atoms with van der Waals surface area (Å²) in [5, 5.41) is 3.97. The highest BCUT2D eigenvalue weighted by molar-refractivity contribution is 6.30. The van der Waals surface area contributed by atoms with E-state index in [-0.39, 0.29) is 17.9 Å². The number of para-hydroxylation sites is 2. The summed E-state index contributed by atoms with van der Waals surface area (Å²) < 4.78 is 1.91. The number of amides is 2. The Morgan fingerprint density at radius 3 is 2.65 bits per heavy atom. The van der Waals surface area contributed by atoms with Crippen molar-refractivity contribution in [1.29, 1.82) is 0 Å². The van der Waals surface area contributed by atoms with Crippen LogP contribution in [0.15, 0.2) is 48.5 Å². The highest BCUT2D eigenvalue weighted by atomic mass is 35.5. The highest BCUT2D eigenvalue weighted by Gasteiger charge is 2.49. The molecule has 6 nitrogen and oxygen atoms in total. The van der Waals surface area contributed by atoms with Gasteiger partial charge in [-0.3, -0.25) is 9.59 Å². The maximum Gasteiger partial charge on any atom is 0.291 e. The number of nitrogens with zero attached hydrogens (tertiary/aromatic N) is 3. The third-order valence-electron chi connectivity index (χ3n) is 7.92. The molecule has 178 valence electrons. The summed E-state index contributed by atoms with van der Waals surface area (Å²) in [4.78, 5) is 34.1. The maximum absolute atomic E-state index is 13.9. The predicted molar refractivity (Wildman–Crippen MR) is 134 cm³/mol.